The fourth-order valence-corrected chi connectivity index (χ4v) is 1.46. The minimum absolute atomic E-state index is 0. The van der Waals surface area contributed by atoms with Gasteiger partial charge in [0.05, 0.1) is 0 Å². The van der Waals surface area contributed by atoms with Crippen LogP contribution in [0.2, 0.25) is 0 Å². The molecule has 1 amide bonds. The van der Waals surface area contributed by atoms with Crippen molar-refractivity contribution in [1.82, 2.24) is 0 Å². The highest BCUT2D eigenvalue weighted by atomic mass is 35.5. The van der Waals surface area contributed by atoms with Crippen LogP contribution in [-0.2, 0) is 0 Å². The monoisotopic (exact) mass is 269 g/mol. The zero-order valence-corrected chi connectivity index (χ0v) is 10.6. The molecule has 2 aromatic carbocycles. The summed E-state index contributed by atoms with van der Waals surface area (Å²) in [6, 6.07) is 17.3. The van der Waals surface area contributed by atoms with Crippen molar-refractivity contribution in [1.29, 1.82) is 0 Å². The number of halogens is 2. The summed E-state index contributed by atoms with van der Waals surface area (Å²) >= 11 is 0. The summed E-state index contributed by atoms with van der Waals surface area (Å²) in [6.45, 7) is 0. The lowest BCUT2D eigenvalue weighted by Crippen LogP contribution is -2.10. The summed E-state index contributed by atoms with van der Waals surface area (Å²) in [7, 11) is 0. The van der Waals surface area contributed by atoms with Crippen LogP contribution in [0.5, 0.6) is 0 Å². The Balaban J connectivity index is 0.00000128. The summed E-state index contributed by atoms with van der Waals surface area (Å²) in [4.78, 5) is 10.9. The lowest BCUT2D eigenvalue weighted by Gasteiger charge is -2.01. The van der Waals surface area contributed by atoms with E-state index in [1.54, 1.807) is 12.1 Å². The molecule has 0 saturated carbocycles. The van der Waals surface area contributed by atoms with Crippen LogP contribution in [-0.4, -0.2) is 5.91 Å². The van der Waals surface area contributed by atoms with Gasteiger partial charge in [-0.25, -0.2) is 0 Å². The maximum absolute atomic E-state index is 10.9. The molecule has 0 unspecified atom stereocenters. The first kappa shape index (κ1) is 15.5. The van der Waals surface area contributed by atoms with Crippen molar-refractivity contribution in [3.63, 3.8) is 0 Å². The van der Waals surface area contributed by atoms with Crippen LogP contribution in [0, 0.1) is 0 Å². The molecule has 0 radical (unpaired) electrons. The van der Waals surface area contributed by atoms with Gasteiger partial charge in [-0.2, -0.15) is 0 Å². The Bertz CT molecular complexity index is 469. The first-order valence-electron chi connectivity index (χ1n) is 4.72. The summed E-state index contributed by atoms with van der Waals surface area (Å²) in [5.41, 5.74) is 7.92. The lowest BCUT2D eigenvalue weighted by molar-refractivity contribution is 0.100. The molecule has 0 spiro atoms. The van der Waals surface area contributed by atoms with E-state index in [2.05, 4.69) is 0 Å². The highest BCUT2D eigenvalue weighted by molar-refractivity contribution is 5.93. The summed E-state index contributed by atoms with van der Waals surface area (Å²) in [6.07, 6.45) is 0. The van der Waals surface area contributed by atoms with Crippen LogP contribution in [0.25, 0.3) is 11.1 Å². The standard InChI is InChI=1S/C13H11NO.2ClH/c14-13(15)12-8-6-11(7-9-12)10-4-2-1-3-5-10;;/h1-9H,(H2,14,15);2*1H. The number of hydrogen-bond acceptors (Lipinski definition) is 1. The second-order valence-corrected chi connectivity index (χ2v) is 3.31. The predicted molar refractivity (Wildman–Crippen MR) is 74.9 cm³/mol. The molecule has 4 heteroatoms. The lowest BCUT2D eigenvalue weighted by atomic mass is 10.0. The van der Waals surface area contributed by atoms with Crippen LogP contribution >= 0.6 is 24.8 Å². The number of amides is 1. The van der Waals surface area contributed by atoms with Gasteiger partial charge in [-0.3, -0.25) is 4.79 Å². The summed E-state index contributed by atoms with van der Waals surface area (Å²) in [5.74, 6) is -0.394. The quantitative estimate of drug-likeness (QED) is 0.893. The minimum Gasteiger partial charge on any atom is -0.366 e. The number of hydrogen-bond donors (Lipinski definition) is 1. The molecule has 90 valence electrons. The molecule has 0 aliphatic heterocycles. The van der Waals surface area contributed by atoms with Crippen molar-refractivity contribution < 1.29 is 4.79 Å². The number of carbonyl (C=O) groups excluding carboxylic acids is 1. The summed E-state index contributed by atoms with van der Waals surface area (Å²) in [5, 5.41) is 0. The molecule has 2 N–H and O–H groups in total. The largest absolute Gasteiger partial charge is 0.366 e. The van der Waals surface area contributed by atoms with E-state index in [4.69, 9.17) is 5.73 Å². The van der Waals surface area contributed by atoms with Gasteiger partial charge in [0, 0.05) is 5.56 Å². The van der Waals surface area contributed by atoms with Gasteiger partial charge in [0.15, 0.2) is 0 Å². The van der Waals surface area contributed by atoms with E-state index in [0.29, 0.717) is 5.56 Å². The maximum Gasteiger partial charge on any atom is 0.248 e. The van der Waals surface area contributed by atoms with Gasteiger partial charge >= 0.3 is 0 Å². The minimum atomic E-state index is -0.394. The van der Waals surface area contributed by atoms with Gasteiger partial charge in [0.25, 0.3) is 0 Å². The van der Waals surface area contributed by atoms with Crippen molar-refractivity contribution in [2.24, 2.45) is 5.73 Å². The molecule has 0 bridgehead atoms. The van der Waals surface area contributed by atoms with Crippen LogP contribution in [0.15, 0.2) is 54.6 Å². The molecule has 0 aliphatic carbocycles. The number of rotatable bonds is 2. The Morgan fingerprint density at radius 2 is 1.24 bits per heavy atom. The highest BCUT2D eigenvalue weighted by Gasteiger charge is 2.00. The zero-order valence-electron chi connectivity index (χ0n) is 9.00. The van der Waals surface area contributed by atoms with E-state index in [-0.39, 0.29) is 24.8 Å². The normalized spacial score (nSPS) is 8.71. The Morgan fingerprint density at radius 1 is 0.765 bits per heavy atom. The molecule has 0 atom stereocenters. The molecule has 2 rings (SSSR count). The van der Waals surface area contributed by atoms with Gasteiger partial charge in [0.1, 0.15) is 0 Å². The van der Waals surface area contributed by atoms with E-state index in [9.17, 15) is 4.79 Å². The van der Waals surface area contributed by atoms with Crippen molar-refractivity contribution in [2.45, 2.75) is 0 Å². The number of primary amides is 1. The molecule has 0 saturated heterocycles. The topological polar surface area (TPSA) is 43.1 Å². The Morgan fingerprint density at radius 3 is 1.71 bits per heavy atom. The molecule has 0 heterocycles. The third kappa shape index (κ3) is 3.77. The Hall–Kier alpha value is -1.51. The fraction of sp³-hybridized carbons (Fsp3) is 0. The van der Waals surface area contributed by atoms with Gasteiger partial charge in [-0.05, 0) is 23.3 Å². The van der Waals surface area contributed by atoms with Crippen LogP contribution in [0.3, 0.4) is 0 Å². The molecular formula is C13H13Cl2NO. The smallest absolute Gasteiger partial charge is 0.248 e. The molecule has 0 aliphatic rings. The van der Waals surface area contributed by atoms with E-state index >= 15 is 0 Å². The van der Waals surface area contributed by atoms with Gasteiger partial charge in [0.2, 0.25) is 5.91 Å². The Kier molecular flexibility index (Phi) is 6.33. The number of carbonyl (C=O) groups is 1. The average molecular weight is 270 g/mol. The van der Waals surface area contributed by atoms with Crippen LogP contribution < -0.4 is 5.73 Å². The van der Waals surface area contributed by atoms with Crippen molar-refractivity contribution >= 4 is 30.7 Å². The SMILES string of the molecule is Cl.Cl.NC(=O)c1ccc(-c2ccccc2)cc1. The number of benzene rings is 2. The van der Waals surface area contributed by atoms with E-state index < -0.39 is 5.91 Å². The van der Waals surface area contributed by atoms with Crippen molar-refractivity contribution in [2.75, 3.05) is 0 Å². The van der Waals surface area contributed by atoms with Gasteiger partial charge in [-0.15, -0.1) is 24.8 Å². The van der Waals surface area contributed by atoms with Gasteiger partial charge in [-0.1, -0.05) is 42.5 Å². The third-order valence-electron chi connectivity index (χ3n) is 2.28. The highest BCUT2D eigenvalue weighted by Crippen LogP contribution is 2.18. The fourth-order valence-electron chi connectivity index (χ4n) is 1.46. The van der Waals surface area contributed by atoms with Crippen LogP contribution in [0.4, 0.5) is 0 Å². The molecule has 0 aromatic heterocycles. The average Bonchev–Trinajstić information content (AvgIpc) is 2.30. The van der Waals surface area contributed by atoms with E-state index in [1.165, 1.54) is 0 Å². The second kappa shape index (κ2) is 6.94. The zero-order chi connectivity index (χ0) is 10.7. The van der Waals surface area contributed by atoms with E-state index in [0.717, 1.165) is 11.1 Å². The maximum atomic E-state index is 10.9. The van der Waals surface area contributed by atoms with Crippen molar-refractivity contribution in [3.8, 4) is 11.1 Å². The van der Waals surface area contributed by atoms with Crippen LogP contribution in [0.1, 0.15) is 10.4 Å². The number of nitrogens with two attached hydrogens (primary N) is 1. The first-order valence-corrected chi connectivity index (χ1v) is 4.72. The first-order chi connectivity index (χ1) is 7.27. The molecule has 0 fully saturated rings. The van der Waals surface area contributed by atoms with E-state index in [1.807, 2.05) is 42.5 Å². The molecule has 2 nitrogen and oxygen atoms in total. The third-order valence-corrected chi connectivity index (χ3v) is 2.28. The molecular weight excluding hydrogens is 257 g/mol. The molecule has 17 heavy (non-hydrogen) atoms. The molecule has 2 aromatic rings. The predicted octanol–water partition coefficient (Wildman–Crippen LogP) is 3.30. The second-order valence-electron chi connectivity index (χ2n) is 3.31. The van der Waals surface area contributed by atoms with Gasteiger partial charge < -0.3 is 5.73 Å². The Labute approximate surface area is 113 Å². The summed E-state index contributed by atoms with van der Waals surface area (Å²) < 4.78 is 0. The van der Waals surface area contributed by atoms with Crippen molar-refractivity contribution in [3.05, 3.63) is 60.2 Å².